The van der Waals surface area contributed by atoms with Crippen molar-refractivity contribution in [2.45, 2.75) is 25.6 Å². The Hall–Kier alpha value is -2.80. The van der Waals surface area contributed by atoms with Gasteiger partial charge in [0, 0.05) is 6.54 Å². The number of carbonyl (C=O) groups is 2. The first-order valence-corrected chi connectivity index (χ1v) is 8.39. The molecule has 0 spiro atoms. The maximum absolute atomic E-state index is 12.7. The Bertz CT molecular complexity index is 784. The minimum atomic E-state index is -0.708. The van der Waals surface area contributed by atoms with Crippen LogP contribution in [0.25, 0.3) is 0 Å². The maximum atomic E-state index is 12.7. The quantitative estimate of drug-likeness (QED) is 0.883. The number of amides is 2. The van der Waals surface area contributed by atoms with Crippen molar-refractivity contribution in [1.82, 2.24) is 4.90 Å². The molecule has 2 aromatic rings. The van der Waals surface area contributed by atoms with Gasteiger partial charge in [0.15, 0.2) is 11.5 Å². The monoisotopic (exact) mass is 358 g/mol. The lowest BCUT2D eigenvalue weighted by Crippen LogP contribution is -2.56. The molecule has 1 atom stereocenters. The zero-order valence-corrected chi connectivity index (χ0v) is 14.8. The van der Waals surface area contributed by atoms with Gasteiger partial charge in [0.2, 0.25) is 0 Å². The summed E-state index contributed by atoms with van der Waals surface area (Å²) >= 11 is 0. The van der Waals surface area contributed by atoms with Crippen molar-refractivity contribution < 1.29 is 23.5 Å². The van der Waals surface area contributed by atoms with Crippen molar-refractivity contribution in [1.29, 1.82) is 0 Å². The van der Waals surface area contributed by atoms with E-state index in [0.29, 0.717) is 19.7 Å². The molecule has 0 aliphatic carbocycles. The number of benzene rings is 1. The highest BCUT2D eigenvalue weighted by atomic mass is 16.5. The topological polar surface area (TPSA) is 95.0 Å². The lowest BCUT2D eigenvalue weighted by molar-refractivity contribution is -0.137. The van der Waals surface area contributed by atoms with Crippen LogP contribution in [-0.4, -0.2) is 48.1 Å². The average molecular weight is 358 g/mol. The molecule has 0 radical (unpaired) electrons. The van der Waals surface area contributed by atoms with Crippen molar-refractivity contribution >= 4 is 11.8 Å². The molecular weight excluding hydrogens is 336 g/mol. The van der Waals surface area contributed by atoms with Gasteiger partial charge in [-0.05, 0) is 38.1 Å². The van der Waals surface area contributed by atoms with E-state index < -0.39 is 11.5 Å². The highest BCUT2D eigenvalue weighted by Crippen LogP contribution is 2.24. The highest BCUT2D eigenvalue weighted by Gasteiger charge is 2.37. The van der Waals surface area contributed by atoms with E-state index >= 15 is 0 Å². The van der Waals surface area contributed by atoms with E-state index in [9.17, 15) is 9.59 Å². The first-order valence-electron chi connectivity index (χ1n) is 8.39. The molecule has 26 heavy (non-hydrogen) atoms. The molecule has 1 aliphatic rings. The third kappa shape index (κ3) is 4.23. The van der Waals surface area contributed by atoms with Gasteiger partial charge in [-0.15, -0.1) is 0 Å². The molecule has 1 aromatic heterocycles. The van der Waals surface area contributed by atoms with Gasteiger partial charge < -0.3 is 24.5 Å². The molecule has 0 bridgehead atoms. The Morgan fingerprint density at radius 2 is 1.88 bits per heavy atom. The summed E-state index contributed by atoms with van der Waals surface area (Å²) in [4.78, 5) is 25.5. The van der Waals surface area contributed by atoms with Crippen molar-refractivity contribution in [2.75, 3.05) is 19.7 Å². The number of furan rings is 1. The molecule has 138 valence electrons. The standard InChI is InChI=1S/C19H22N2O5/c1-19(2)12-21(18(23)16-9-8-15(25-16)17(20)22)10-14(26-19)11-24-13-6-4-3-5-7-13/h3-9,14H,10-12H2,1-2H3,(H2,20,22)/t14-/m1/s1. The minimum absolute atomic E-state index is 0.0372. The fourth-order valence-corrected chi connectivity index (χ4v) is 2.98. The van der Waals surface area contributed by atoms with E-state index in [0.717, 1.165) is 5.75 Å². The number of hydrogen-bond acceptors (Lipinski definition) is 5. The number of carbonyl (C=O) groups excluding carboxylic acids is 2. The molecule has 1 saturated heterocycles. The molecular formula is C19H22N2O5. The largest absolute Gasteiger partial charge is 0.491 e. The summed E-state index contributed by atoms with van der Waals surface area (Å²) in [6.07, 6.45) is -0.284. The number of nitrogens with zero attached hydrogens (tertiary/aromatic N) is 1. The second kappa shape index (κ2) is 7.21. The van der Waals surface area contributed by atoms with Crippen LogP contribution in [0.15, 0.2) is 46.9 Å². The van der Waals surface area contributed by atoms with E-state index in [1.807, 2.05) is 44.2 Å². The van der Waals surface area contributed by atoms with E-state index in [1.165, 1.54) is 12.1 Å². The zero-order valence-electron chi connectivity index (χ0n) is 14.8. The molecule has 2 heterocycles. The van der Waals surface area contributed by atoms with Crippen molar-refractivity contribution in [3.05, 3.63) is 54.0 Å². The van der Waals surface area contributed by atoms with Gasteiger partial charge in [-0.3, -0.25) is 9.59 Å². The Kier molecular flexibility index (Phi) is 4.99. The number of nitrogens with two attached hydrogens (primary N) is 1. The van der Waals surface area contributed by atoms with Gasteiger partial charge >= 0.3 is 0 Å². The summed E-state index contributed by atoms with van der Waals surface area (Å²) in [5, 5.41) is 0. The van der Waals surface area contributed by atoms with Crippen molar-refractivity contribution in [2.24, 2.45) is 5.73 Å². The number of hydrogen-bond donors (Lipinski definition) is 1. The molecule has 1 aromatic carbocycles. The smallest absolute Gasteiger partial charge is 0.289 e. The van der Waals surface area contributed by atoms with Crippen LogP contribution in [0.1, 0.15) is 35.0 Å². The first-order chi connectivity index (χ1) is 12.3. The van der Waals surface area contributed by atoms with Gasteiger partial charge in [0.1, 0.15) is 18.5 Å². The molecule has 1 aliphatic heterocycles. The van der Waals surface area contributed by atoms with Crippen molar-refractivity contribution in [3.63, 3.8) is 0 Å². The van der Waals surface area contributed by atoms with E-state index in [2.05, 4.69) is 0 Å². The first kappa shape index (κ1) is 18.0. The van der Waals surface area contributed by atoms with Crippen LogP contribution in [0.3, 0.4) is 0 Å². The molecule has 2 N–H and O–H groups in total. The van der Waals surface area contributed by atoms with Crippen LogP contribution >= 0.6 is 0 Å². The Balaban J connectivity index is 1.68. The fourth-order valence-electron chi connectivity index (χ4n) is 2.98. The molecule has 7 nitrogen and oxygen atoms in total. The lowest BCUT2D eigenvalue weighted by Gasteiger charge is -2.42. The lowest BCUT2D eigenvalue weighted by atomic mass is 10.0. The van der Waals surface area contributed by atoms with Crippen LogP contribution in [0.2, 0.25) is 0 Å². The molecule has 1 fully saturated rings. The van der Waals surface area contributed by atoms with E-state index in [4.69, 9.17) is 19.6 Å². The van der Waals surface area contributed by atoms with Crippen LogP contribution < -0.4 is 10.5 Å². The number of rotatable bonds is 5. The third-order valence-corrected chi connectivity index (χ3v) is 4.01. The van der Waals surface area contributed by atoms with Crippen LogP contribution in [-0.2, 0) is 4.74 Å². The average Bonchev–Trinajstić information content (AvgIpc) is 3.09. The predicted molar refractivity (Wildman–Crippen MR) is 94.0 cm³/mol. The van der Waals surface area contributed by atoms with Gasteiger partial charge in [0.05, 0.1) is 12.1 Å². The van der Waals surface area contributed by atoms with Crippen molar-refractivity contribution in [3.8, 4) is 5.75 Å². The van der Waals surface area contributed by atoms with E-state index in [1.54, 1.807) is 4.90 Å². The second-order valence-electron chi connectivity index (χ2n) is 6.84. The van der Waals surface area contributed by atoms with Gasteiger partial charge in [-0.2, -0.15) is 0 Å². The summed E-state index contributed by atoms with van der Waals surface area (Å²) in [7, 11) is 0. The Morgan fingerprint density at radius 1 is 1.19 bits per heavy atom. The molecule has 3 rings (SSSR count). The normalized spacial score (nSPS) is 19.2. The van der Waals surface area contributed by atoms with Gasteiger partial charge in [-0.25, -0.2) is 0 Å². The molecule has 0 saturated carbocycles. The van der Waals surface area contributed by atoms with Gasteiger partial charge in [-0.1, -0.05) is 18.2 Å². The second-order valence-corrected chi connectivity index (χ2v) is 6.84. The number of morpholine rings is 1. The van der Waals surface area contributed by atoms with E-state index in [-0.39, 0.29) is 23.5 Å². The number of primary amides is 1. The highest BCUT2D eigenvalue weighted by molar-refractivity contribution is 5.95. The Labute approximate surface area is 151 Å². The molecule has 2 amide bonds. The van der Waals surface area contributed by atoms with Crippen LogP contribution in [0.4, 0.5) is 0 Å². The summed E-state index contributed by atoms with van der Waals surface area (Å²) in [5.41, 5.74) is 4.64. The summed E-state index contributed by atoms with van der Waals surface area (Å²) in [6, 6.07) is 12.3. The maximum Gasteiger partial charge on any atom is 0.289 e. The number of para-hydroxylation sites is 1. The zero-order chi connectivity index (χ0) is 18.7. The third-order valence-electron chi connectivity index (χ3n) is 4.01. The number of ether oxygens (including phenoxy) is 2. The molecule has 0 unspecified atom stereocenters. The fraction of sp³-hybridized carbons (Fsp3) is 0.368. The Morgan fingerprint density at radius 3 is 2.54 bits per heavy atom. The van der Waals surface area contributed by atoms with Crippen LogP contribution in [0.5, 0.6) is 5.75 Å². The summed E-state index contributed by atoms with van der Waals surface area (Å²) in [5.74, 6) is -0.224. The SMILES string of the molecule is CC1(C)CN(C(=O)c2ccc(C(N)=O)o2)C[C@H](COc2ccccc2)O1. The minimum Gasteiger partial charge on any atom is -0.491 e. The van der Waals surface area contributed by atoms with Gasteiger partial charge in [0.25, 0.3) is 11.8 Å². The summed E-state index contributed by atoms with van der Waals surface area (Å²) in [6.45, 7) is 4.92. The predicted octanol–water partition coefficient (Wildman–Crippen LogP) is 2.08. The molecule has 7 heteroatoms. The van der Waals surface area contributed by atoms with Crippen LogP contribution in [0, 0.1) is 0 Å². The summed E-state index contributed by atoms with van der Waals surface area (Å²) < 4.78 is 17.0.